The third kappa shape index (κ3) is 3.74. The second kappa shape index (κ2) is 9.60. The zero-order chi connectivity index (χ0) is 31.3. The molecule has 0 fully saturated rings. The molecule has 1 aliphatic heterocycles. The average Bonchev–Trinajstić information content (AvgIpc) is 3.73. The van der Waals surface area contributed by atoms with Gasteiger partial charge in [-0.05, 0) is 81.4 Å². The van der Waals surface area contributed by atoms with Gasteiger partial charge in [0.05, 0.1) is 17.1 Å². The van der Waals surface area contributed by atoms with Crippen LogP contribution in [0.2, 0.25) is 0 Å². The fraction of sp³-hybridized carbons (Fsp3) is 0.0909. The Morgan fingerprint density at radius 2 is 1.36 bits per heavy atom. The maximum atomic E-state index is 6.37. The first kappa shape index (κ1) is 26.4. The summed E-state index contributed by atoms with van der Waals surface area (Å²) in [4.78, 5) is 0. The van der Waals surface area contributed by atoms with Crippen molar-refractivity contribution in [2.24, 2.45) is 0 Å². The van der Waals surface area contributed by atoms with Crippen LogP contribution in [0.3, 0.4) is 0 Å². The molecule has 0 radical (unpaired) electrons. The summed E-state index contributed by atoms with van der Waals surface area (Å²) >= 11 is 0. The minimum Gasteiger partial charge on any atom is -0.456 e. The molecule has 224 valence electrons. The minimum absolute atomic E-state index is 0.0281. The maximum Gasteiger partial charge on any atom is 0.136 e. The SMILES string of the molecule is CC1(C)c2cc3c(cc2-c2c1ccc1oc4ccccc4c21)c1ccccc1n3C1=CC(c2ccccc2)=CC(c2ccccc2)N1. The summed E-state index contributed by atoms with van der Waals surface area (Å²) in [7, 11) is 0. The number of allylic oxidation sites excluding steroid dienone is 2. The molecule has 0 spiro atoms. The molecule has 1 unspecified atom stereocenters. The van der Waals surface area contributed by atoms with Crippen LogP contribution in [0.15, 0.2) is 150 Å². The van der Waals surface area contributed by atoms with Crippen molar-refractivity contribution in [2.45, 2.75) is 25.3 Å². The molecule has 3 heteroatoms. The number of rotatable bonds is 3. The quantitative estimate of drug-likeness (QED) is 0.217. The van der Waals surface area contributed by atoms with Gasteiger partial charge < -0.3 is 9.73 Å². The number of aromatic nitrogens is 1. The molecule has 1 N–H and O–H groups in total. The van der Waals surface area contributed by atoms with Crippen molar-refractivity contribution in [2.75, 3.05) is 0 Å². The minimum atomic E-state index is -0.178. The van der Waals surface area contributed by atoms with Gasteiger partial charge in [-0.3, -0.25) is 4.57 Å². The lowest BCUT2D eigenvalue weighted by Gasteiger charge is -2.27. The van der Waals surface area contributed by atoms with Crippen LogP contribution in [0, 0.1) is 0 Å². The first-order chi connectivity index (χ1) is 23.1. The van der Waals surface area contributed by atoms with Crippen molar-refractivity contribution in [3.05, 3.63) is 168 Å². The molecule has 3 heterocycles. The highest BCUT2D eigenvalue weighted by atomic mass is 16.3. The summed E-state index contributed by atoms with van der Waals surface area (Å²) in [5, 5.41) is 8.83. The second-order valence-electron chi connectivity index (χ2n) is 13.4. The van der Waals surface area contributed by atoms with E-state index >= 15 is 0 Å². The highest BCUT2D eigenvalue weighted by molar-refractivity contribution is 6.18. The largest absolute Gasteiger partial charge is 0.456 e. The average molecular weight is 605 g/mol. The summed E-state index contributed by atoms with van der Waals surface area (Å²) in [5.41, 5.74) is 13.1. The molecular weight excluding hydrogens is 572 g/mol. The van der Waals surface area contributed by atoms with Crippen LogP contribution in [0.4, 0.5) is 0 Å². The Kier molecular flexibility index (Phi) is 5.40. The van der Waals surface area contributed by atoms with Crippen molar-refractivity contribution < 1.29 is 4.42 Å². The number of furan rings is 1. The van der Waals surface area contributed by atoms with Gasteiger partial charge in [0.15, 0.2) is 0 Å². The molecular formula is C44H32N2O. The first-order valence-electron chi connectivity index (χ1n) is 16.4. The predicted molar refractivity (Wildman–Crippen MR) is 195 cm³/mol. The number of para-hydroxylation sites is 2. The molecule has 0 amide bonds. The lowest BCUT2D eigenvalue weighted by Crippen LogP contribution is -2.25. The number of nitrogens with zero attached hydrogens (tertiary/aromatic N) is 1. The number of nitrogens with one attached hydrogen (secondary N) is 1. The van der Waals surface area contributed by atoms with Gasteiger partial charge in [-0.2, -0.15) is 0 Å². The van der Waals surface area contributed by atoms with Crippen LogP contribution in [-0.4, -0.2) is 4.57 Å². The van der Waals surface area contributed by atoms with E-state index < -0.39 is 0 Å². The molecule has 0 saturated carbocycles. The molecule has 2 aliphatic rings. The van der Waals surface area contributed by atoms with Crippen molar-refractivity contribution in [1.82, 2.24) is 9.88 Å². The number of fused-ring (bicyclic) bond motifs is 10. The molecule has 3 nitrogen and oxygen atoms in total. The number of hydrogen-bond donors (Lipinski definition) is 1. The molecule has 0 saturated heterocycles. The van der Waals surface area contributed by atoms with E-state index in [0.717, 1.165) is 17.0 Å². The van der Waals surface area contributed by atoms with Gasteiger partial charge in [-0.25, -0.2) is 0 Å². The standard InChI is InChI=1S/C44H32N2O/c1-44(2)34-21-22-40-43(31-18-10-12-20-39(31)47-40)42(34)33-25-32-30-17-9-11-19-37(30)46(38(32)26-35(33)44)41-24-29(27-13-5-3-6-14-27)23-36(45-41)28-15-7-4-8-16-28/h3-26,36,45H,1-2H3. The van der Waals surface area contributed by atoms with E-state index in [9.17, 15) is 0 Å². The lowest BCUT2D eigenvalue weighted by atomic mass is 9.82. The smallest absolute Gasteiger partial charge is 0.136 e. The van der Waals surface area contributed by atoms with Gasteiger partial charge >= 0.3 is 0 Å². The normalized spacial score (nSPS) is 16.7. The van der Waals surface area contributed by atoms with Gasteiger partial charge in [0.25, 0.3) is 0 Å². The van der Waals surface area contributed by atoms with Crippen LogP contribution in [0.25, 0.3) is 66.3 Å². The van der Waals surface area contributed by atoms with Gasteiger partial charge in [-0.1, -0.05) is 117 Å². The predicted octanol–water partition coefficient (Wildman–Crippen LogP) is 11.2. The number of hydrogen-bond acceptors (Lipinski definition) is 2. The Balaban J connectivity index is 1.25. The summed E-state index contributed by atoms with van der Waals surface area (Å²) in [6, 6.07) is 48.1. The highest BCUT2D eigenvalue weighted by Crippen LogP contribution is 2.54. The fourth-order valence-electron chi connectivity index (χ4n) is 8.16. The van der Waals surface area contributed by atoms with E-state index in [1.807, 2.05) is 0 Å². The van der Waals surface area contributed by atoms with E-state index in [2.05, 4.69) is 169 Å². The Labute approximate surface area is 273 Å². The molecule has 47 heavy (non-hydrogen) atoms. The van der Waals surface area contributed by atoms with Crippen molar-refractivity contribution >= 4 is 55.1 Å². The molecule has 2 aromatic heterocycles. The van der Waals surface area contributed by atoms with Crippen LogP contribution >= 0.6 is 0 Å². The number of dihydropyridines is 1. The van der Waals surface area contributed by atoms with Crippen molar-refractivity contribution in [3.8, 4) is 11.1 Å². The van der Waals surface area contributed by atoms with E-state index in [1.165, 1.54) is 71.5 Å². The summed E-state index contributed by atoms with van der Waals surface area (Å²) in [6.07, 6.45) is 4.66. The van der Waals surface area contributed by atoms with E-state index in [-0.39, 0.29) is 11.5 Å². The Bertz CT molecular complexity index is 2620. The molecule has 0 bridgehead atoms. The summed E-state index contributed by atoms with van der Waals surface area (Å²) in [6.45, 7) is 4.73. The second-order valence-corrected chi connectivity index (χ2v) is 13.4. The first-order valence-corrected chi connectivity index (χ1v) is 16.4. The highest BCUT2D eigenvalue weighted by Gasteiger charge is 2.38. The third-order valence-electron chi connectivity index (χ3n) is 10.4. The molecule has 1 atom stereocenters. The van der Waals surface area contributed by atoms with E-state index in [0.29, 0.717) is 0 Å². The molecule has 6 aromatic carbocycles. The maximum absolute atomic E-state index is 6.37. The molecule has 1 aliphatic carbocycles. The Morgan fingerprint density at radius 3 is 2.19 bits per heavy atom. The summed E-state index contributed by atoms with van der Waals surface area (Å²) in [5.74, 6) is 1.07. The van der Waals surface area contributed by atoms with Gasteiger partial charge in [0.2, 0.25) is 0 Å². The van der Waals surface area contributed by atoms with Crippen LogP contribution in [-0.2, 0) is 5.41 Å². The molecule has 10 rings (SSSR count). The van der Waals surface area contributed by atoms with Gasteiger partial charge in [0.1, 0.15) is 17.0 Å². The Morgan fingerprint density at radius 1 is 0.638 bits per heavy atom. The van der Waals surface area contributed by atoms with E-state index in [1.54, 1.807) is 0 Å². The topological polar surface area (TPSA) is 30.1 Å². The fourth-order valence-corrected chi connectivity index (χ4v) is 8.16. The van der Waals surface area contributed by atoms with Crippen LogP contribution in [0.1, 0.15) is 42.1 Å². The van der Waals surface area contributed by atoms with Crippen molar-refractivity contribution in [3.63, 3.8) is 0 Å². The van der Waals surface area contributed by atoms with Crippen LogP contribution in [0.5, 0.6) is 0 Å². The van der Waals surface area contributed by atoms with Gasteiger partial charge in [0, 0.05) is 27.0 Å². The zero-order valence-corrected chi connectivity index (χ0v) is 26.3. The Hall–Kier alpha value is -5.80. The van der Waals surface area contributed by atoms with Gasteiger partial charge in [-0.15, -0.1) is 0 Å². The number of benzene rings is 6. The molecule has 8 aromatic rings. The van der Waals surface area contributed by atoms with Crippen LogP contribution < -0.4 is 5.32 Å². The zero-order valence-electron chi connectivity index (χ0n) is 26.3. The van der Waals surface area contributed by atoms with Crippen molar-refractivity contribution in [1.29, 1.82) is 0 Å². The summed E-state index contributed by atoms with van der Waals surface area (Å²) < 4.78 is 8.81. The third-order valence-corrected chi connectivity index (χ3v) is 10.4. The van der Waals surface area contributed by atoms with E-state index in [4.69, 9.17) is 4.42 Å². The lowest BCUT2D eigenvalue weighted by molar-refractivity contribution is 0.657. The monoisotopic (exact) mass is 604 g/mol.